The van der Waals surface area contributed by atoms with Gasteiger partial charge < -0.3 is 14.9 Å². The number of aliphatic hydroxyl groups is 2. The van der Waals surface area contributed by atoms with E-state index in [2.05, 4.69) is 31.2 Å². The molecule has 1 heterocycles. The van der Waals surface area contributed by atoms with E-state index in [4.69, 9.17) is 4.74 Å². The summed E-state index contributed by atoms with van der Waals surface area (Å²) in [5, 5.41) is 20.5. The van der Waals surface area contributed by atoms with E-state index in [-0.39, 0.29) is 12.1 Å². The normalized spacial score (nSPS) is 17.0. The van der Waals surface area contributed by atoms with E-state index in [1.807, 2.05) is 13.0 Å². The molecule has 2 N–H and O–H groups in total. The molecule has 0 aliphatic carbocycles. The lowest BCUT2D eigenvalue weighted by atomic mass is 10.0. The molecule has 0 aromatic rings. The molecule has 0 spiro atoms. The summed E-state index contributed by atoms with van der Waals surface area (Å²) in [4.78, 5) is 11.6. The Kier molecular flexibility index (Phi) is 25.2. The van der Waals surface area contributed by atoms with Crippen LogP contribution in [0.2, 0.25) is 0 Å². The monoisotopic (exact) mass is 574 g/mol. The first-order valence-electron chi connectivity index (χ1n) is 17.6. The third-order valence-electron chi connectivity index (χ3n) is 8.32. The van der Waals surface area contributed by atoms with Crippen LogP contribution in [0.3, 0.4) is 0 Å². The zero-order valence-corrected chi connectivity index (χ0v) is 27.0. The van der Waals surface area contributed by atoms with Gasteiger partial charge in [0.25, 0.3) is 0 Å². The second-order valence-electron chi connectivity index (χ2n) is 12.4. The fourth-order valence-electron chi connectivity index (χ4n) is 5.61. The first-order valence-corrected chi connectivity index (χ1v) is 17.6. The molecule has 1 aliphatic rings. The maximum Gasteiger partial charge on any atom is 0.334 e. The number of hydrogen-bond acceptors (Lipinski definition) is 4. The Morgan fingerprint density at radius 3 is 1.66 bits per heavy atom. The molecule has 0 saturated heterocycles. The Morgan fingerprint density at radius 2 is 1.10 bits per heavy atom. The molecule has 4 nitrogen and oxygen atoms in total. The molecular formula is C37H66O4. The fourth-order valence-corrected chi connectivity index (χ4v) is 5.61. The van der Waals surface area contributed by atoms with E-state index in [1.54, 1.807) is 0 Å². The number of carbonyl (C=O) groups excluding carboxylic acids is 1. The second kappa shape index (κ2) is 27.4. The maximum atomic E-state index is 11.6. The smallest absolute Gasteiger partial charge is 0.334 e. The Morgan fingerprint density at radius 1 is 0.634 bits per heavy atom. The fraction of sp³-hybridized carbons (Fsp3) is 0.811. The average molecular weight is 575 g/mol. The highest BCUT2D eigenvalue weighted by Gasteiger charge is 2.21. The summed E-state index contributed by atoms with van der Waals surface area (Å²) < 4.78 is 5.13. The van der Waals surface area contributed by atoms with Gasteiger partial charge in [-0.3, -0.25) is 0 Å². The Labute approximate surface area is 254 Å². The predicted octanol–water partition coefficient (Wildman–Crippen LogP) is 10.5. The minimum Gasteiger partial charge on any atom is -0.455 e. The van der Waals surface area contributed by atoms with Gasteiger partial charge >= 0.3 is 5.97 Å². The molecule has 0 unspecified atom stereocenters. The molecule has 0 radical (unpaired) electrons. The van der Waals surface area contributed by atoms with Crippen LogP contribution >= 0.6 is 0 Å². The van der Waals surface area contributed by atoms with Crippen LogP contribution in [-0.4, -0.2) is 34.5 Å². The molecule has 0 aromatic heterocycles. The molecule has 0 bridgehead atoms. The van der Waals surface area contributed by atoms with Crippen molar-refractivity contribution in [2.24, 2.45) is 0 Å². The number of allylic oxidation sites excluding steroid dienone is 4. The molecule has 0 saturated carbocycles. The van der Waals surface area contributed by atoms with Crippen LogP contribution < -0.4 is 0 Å². The highest BCUT2D eigenvalue weighted by atomic mass is 16.5. The van der Waals surface area contributed by atoms with Crippen molar-refractivity contribution in [2.75, 3.05) is 0 Å². The minimum atomic E-state index is -0.615. The van der Waals surface area contributed by atoms with Crippen LogP contribution in [0, 0.1) is 0 Å². The lowest BCUT2D eigenvalue weighted by Gasteiger charge is -2.17. The van der Waals surface area contributed by atoms with Crippen molar-refractivity contribution >= 4 is 5.97 Å². The van der Waals surface area contributed by atoms with E-state index in [0.717, 1.165) is 56.9 Å². The zero-order chi connectivity index (χ0) is 29.8. The van der Waals surface area contributed by atoms with Gasteiger partial charge in [0.2, 0.25) is 0 Å². The van der Waals surface area contributed by atoms with Crippen molar-refractivity contribution in [2.45, 2.75) is 193 Å². The van der Waals surface area contributed by atoms with Gasteiger partial charge in [0, 0.05) is 5.57 Å². The van der Waals surface area contributed by atoms with Gasteiger partial charge in [0.1, 0.15) is 6.10 Å². The molecular weight excluding hydrogens is 508 g/mol. The molecule has 0 aromatic carbocycles. The van der Waals surface area contributed by atoms with E-state index in [9.17, 15) is 15.0 Å². The van der Waals surface area contributed by atoms with E-state index in [1.165, 1.54) is 96.3 Å². The first-order chi connectivity index (χ1) is 20.0. The molecule has 1 rings (SSSR count). The molecule has 1 aliphatic heterocycles. The first kappa shape index (κ1) is 37.6. The summed E-state index contributed by atoms with van der Waals surface area (Å²) in [7, 11) is 0. The van der Waals surface area contributed by atoms with E-state index in [0.29, 0.717) is 12.8 Å². The lowest BCUT2D eigenvalue weighted by Crippen LogP contribution is -2.25. The number of rotatable bonds is 29. The lowest BCUT2D eigenvalue weighted by molar-refractivity contribution is -0.139. The molecule has 0 amide bonds. The number of hydrogen-bond donors (Lipinski definition) is 2. The van der Waals surface area contributed by atoms with Gasteiger partial charge in [0.15, 0.2) is 0 Å². The minimum absolute atomic E-state index is 0.0552. The maximum absolute atomic E-state index is 11.6. The van der Waals surface area contributed by atoms with Crippen molar-refractivity contribution in [1.29, 1.82) is 0 Å². The van der Waals surface area contributed by atoms with Crippen molar-refractivity contribution in [1.82, 2.24) is 0 Å². The largest absolute Gasteiger partial charge is 0.455 e. The van der Waals surface area contributed by atoms with Crippen molar-refractivity contribution in [3.05, 3.63) is 36.0 Å². The van der Waals surface area contributed by atoms with Gasteiger partial charge in [-0.2, -0.15) is 0 Å². The van der Waals surface area contributed by atoms with Gasteiger partial charge in [-0.15, -0.1) is 0 Å². The summed E-state index contributed by atoms with van der Waals surface area (Å²) in [5.41, 5.74) is 0.854. The summed E-state index contributed by atoms with van der Waals surface area (Å²) in [6, 6.07) is 0. The Balaban J connectivity index is 1.83. The molecule has 4 heteroatoms. The number of carbonyl (C=O) groups is 1. The zero-order valence-electron chi connectivity index (χ0n) is 27.0. The number of esters is 1. The van der Waals surface area contributed by atoms with Gasteiger partial charge in [0.05, 0.1) is 12.2 Å². The second-order valence-corrected chi connectivity index (χ2v) is 12.4. The SMILES string of the molecule is CCCCCCCCCCCC/C=C\CC/C=C\CC[C@H](O)[C@@H](O)CCCCCCCCCCC1=C[C@H](C)OC1=O. The van der Waals surface area contributed by atoms with Crippen LogP contribution in [0.1, 0.15) is 174 Å². The molecule has 41 heavy (non-hydrogen) atoms. The Hall–Kier alpha value is -1.39. The predicted molar refractivity (Wildman–Crippen MR) is 175 cm³/mol. The van der Waals surface area contributed by atoms with Gasteiger partial charge in [-0.1, -0.05) is 134 Å². The van der Waals surface area contributed by atoms with Crippen molar-refractivity contribution < 1.29 is 19.7 Å². The number of unbranched alkanes of at least 4 members (excludes halogenated alkanes) is 18. The van der Waals surface area contributed by atoms with Gasteiger partial charge in [-0.05, 0) is 70.8 Å². The van der Waals surface area contributed by atoms with Crippen LogP contribution in [0.15, 0.2) is 36.0 Å². The third kappa shape index (κ3) is 22.8. The number of aliphatic hydroxyl groups excluding tert-OH is 2. The van der Waals surface area contributed by atoms with Crippen LogP contribution in [0.25, 0.3) is 0 Å². The van der Waals surface area contributed by atoms with Gasteiger partial charge in [-0.25, -0.2) is 4.79 Å². The molecule has 238 valence electrons. The third-order valence-corrected chi connectivity index (χ3v) is 8.32. The number of ether oxygens (including phenoxy) is 1. The standard InChI is InChI=1S/C37H66O4/c1-3-4-5-6-7-8-9-10-11-12-13-14-15-16-17-21-24-27-30-35(38)36(39)31-28-25-22-19-18-20-23-26-29-34-32-33(2)41-37(34)40/h14-15,21,24,32-33,35-36,38-39H,3-13,16-20,22-23,25-31H2,1-2H3/b15-14-,24-21-/t33-,35-,36-/m0/s1. The summed E-state index contributed by atoms with van der Waals surface area (Å²) in [5.74, 6) is -0.130. The summed E-state index contributed by atoms with van der Waals surface area (Å²) >= 11 is 0. The average Bonchev–Trinajstić information content (AvgIpc) is 3.29. The van der Waals surface area contributed by atoms with Crippen molar-refractivity contribution in [3.63, 3.8) is 0 Å². The molecule has 0 fully saturated rings. The summed E-state index contributed by atoms with van der Waals surface area (Å²) in [6.45, 7) is 4.18. The highest BCUT2D eigenvalue weighted by molar-refractivity contribution is 5.90. The van der Waals surface area contributed by atoms with E-state index < -0.39 is 12.2 Å². The topological polar surface area (TPSA) is 66.8 Å². The molecule has 3 atom stereocenters. The van der Waals surface area contributed by atoms with E-state index >= 15 is 0 Å². The quantitative estimate of drug-likeness (QED) is 0.0530. The van der Waals surface area contributed by atoms with Crippen LogP contribution in [-0.2, 0) is 9.53 Å². The summed E-state index contributed by atoms with van der Waals surface area (Å²) in [6.07, 6.45) is 39.2. The van der Waals surface area contributed by atoms with Crippen molar-refractivity contribution in [3.8, 4) is 0 Å². The number of cyclic esters (lactones) is 1. The van der Waals surface area contributed by atoms with Crippen LogP contribution in [0.5, 0.6) is 0 Å². The van der Waals surface area contributed by atoms with Crippen LogP contribution in [0.4, 0.5) is 0 Å². The highest BCUT2D eigenvalue weighted by Crippen LogP contribution is 2.20. The Bertz CT molecular complexity index is 695.